The number of hydrogen-bond donors (Lipinski definition) is 0. The van der Waals surface area contributed by atoms with Crippen LogP contribution in [0.25, 0.3) is 0 Å². The summed E-state index contributed by atoms with van der Waals surface area (Å²) in [4.78, 5) is 13.4. The summed E-state index contributed by atoms with van der Waals surface area (Å²) in [5.74, 6) is 0.555. The Balaban J connectivity index is 1.51. The van der Waals surface area contributed by atoms with Crippen LogP contribution < -0.4 is 9.47 Å². The van der Waals surface area contributed by atoms with Crippen molar-refractivity contribution in [2.75, 3.05) is 26.4 Å². The smallest absolute Gasteiger partial charge is 0.401 e. The summed E-state index contributed by atoms with van der Waals surface area (Å²) in [6, 6.07) is 4.75. The topological polar surface area (TPSA) is 48.0 Å². The molecule has 2 aliphatic heterocycles. The molecule has 0 bridgehead atoms. The van der Waals surface area contributed by atoms with E-state index in [1.54, 1.807) is 18.2 Å². The van der Waals surface area contributed by atoms with Crippen LogP contribution in [0.3, 0.4) is 0 Å². The van der Waals surface area contributed by atoms with Crippen molar-refractivity contribution in [3.05, 3.63) is 23.8 Å². The van der Waals surface area contributed by atoms with Gasteiger partial charge in [-0.15, -0.1) is 0 Å². The van der Waals surface area contributed by atoms with Gasteiger partial charge in [-0.2, -0.15) is 13.2 Å². The molecule has 8 heteroatoms. The van der Waals surface area contributed by atoms with Crippen LogP contribution in [0.2, 0.25) is 0 Å². The second kappa shape index (κ2) is 6.27. The number of piperidine rings is 1. The van der Waals surface area contributed by atoms with Gasteiger partial charge in [0.05, 0.1) is 12.1 Å². The first-order chi connectivity index (χ1) is 10.9. The quantitative estimate of drug-likeness (QED) is 0.797. The molecule has 126 valence electrons. The van der Waals surface area contributed by atoms with Crippen molar-refractivity contribution in [3.8, 4) is 11.5 Å². The predicted octanol–water partition coefficient (Wildman–Crippen LogP) is 2.60. The first kappa shape index (κ1) is 15.9. The van der Waals surface area contributed by atoms with Gasteiger partial charge < -0.3 is 14.2 Å². The lowest BCUT2D eigenvalue weighted by molar-refractivity contribution is -0.150. The third-order valence-electron chi connectivity index (χ3n) is 3.82. The van der Waals surface area contributed by atoms with Gasteiger partial charge in [0.2, 0.25) is 6.79 Å². The Morgan fingerprint density at radius 1 is 1.22 bits per heavy atom. The number of fused-ring (bicyclic) bond motifs is 1. The number of esters is 1. The third kappa shape index (κ3) is 4.07. The third-order valence-corrected chi connectivity index (χ3v) is 3.82. The fourth-order valence-corrected chi connectivity index (χ4v) is 2.68. The van der Waals surface area contributed by atoms with Crippen LogP contribution in [0.4, 0.5) is 13.2 Å². The van der Waals surface area contributed by atoms with Crippen molar-refractivity contribution in [2.45, 2.75) is 25.1 Å². The van der Waals surface area contributed by atoms with Gasteiger partial charge in [0.15, 0.2) is 11.5 Å². The van der Waals surface area contributed by atoms with Gasteiger partial charge in [-0.25, -0.2) is 4.79 Å². The Morgan fingerprint density at radius 2 is 1.91 bits per heavy atom. The van der Waals surface area contributed by atoms with E-state index < -0.39 is 18.7 Å². The molecule has 1 aromatic carbocycles. The lowest BCUT2D eigenvalue weighted by Gasteiger charge is -2.31. The number of alkyl halides is 3. The highest BCUT2D eigenvalue weighted by Gasteiger charge is 2.33. The molecule has 23 heavy (non-hydrogen) atoms. The second-order valence-corrected chi connectivity index (χ2v) is 5.56. The number of carbonyl (C=O) groups is 1. The minimum Gasteiger partial charge on any atom is -0.459 e. The summed E-state index contributed by atoms with van der Waals surface area (Å²) in [5.41, 5.74) is 0.340. The van der Waals surface area contributed by atoms with E-state index in [1.165, 1.54) is 4.90 Å². The molecule has 0 amide bonds. The van der Waals surface area contributed by atoms with Crippen LogP contribution >= 0.6 is 0 Å². The number of nitrogens with zero attached hydrogens (tertiary/aromatic N) is 1. The number of benzene rings is 1. The molecule has 0 N–H and O–H groups in total. The van der Waals surface area contributed by atoms with Crippen LogP contribution in [0, 0.1) is 0 Å². The summed E-state index contributed by atoms with van der Waals surface area (Å²) < 4.78 is 52.7. The van der Waals surface area contributed by atoms with E-state index in [0.29, 0.717) is 29.9 Å². The maximum atomic E-state index is 12.3. The van der Waals surface area contributed by atoms with E-state index in [0.717, 1.165) is 0 Å². The number of rotatable bonds is 3. The number of hydrogen-bond acceptors (Lipinski definition) is 5. The minimum atomic E-state index is -4.20. The van der Waals surface area contributed by atoms with E-state index in [2.05, 4.69) is 0 Å². The van der Waals surface area contributed by atoms with Gasteiger partial charge in [0.1, 0.15) is 6.10 Å². The molecule has 0 saturated carbocycles. The highest BCUT2D eigenvalue weighted by atomic mass is 19.4. The normalized spacial score (nSPS) is 18.9. The Kier molecular flexibility index (Phi) is 4.34. The molecule has 0 aliphatic carbocycles. The van der Waals surface area contributed by atoms with Gasteiger partial charge in [0, 0.05) is 13.1 Å². The number of carbonyl (C=O) groups excluding carboxylic acids is 1. The molecule has 2 aliphatic rings. The van der Waals surface area contributed by atoms with Crippen molar-refractivity contribution in [2.24, 2.45) is 0 Å². The molecule has 0 atom stereocenters. The van der Waals surface area contributed by atoms with E-state index >= 15 is 0 Å². The van der Waals surface area contributed by atoms with Crippen molar-refractivity contribution < 1.29 is 32.2 Å². The van der Waals surface area contributed by atoms with Crippen LogP contribution in [-0.2, 0) is 4.74 Å². The Bertz CT molecular complexity index is 583. The predicted molar refractivity (Wildman–Crippen MR) is 73.5 cm³/mol. The van der Waals surface area contributed by atoms with Crippen LogP contribution in [0.1, 0.15) is 23.2 Å². The van der Waals surface area contributed by atoms with E-state index in [1.807, 2.05) is 0 Å². The maximum Gasteiger partial charge on any atom is 0.401 e. The second-order valence-electron chi connectivity index (χ2n) is 5.56. The Morgan fingerprint density at radius 3 is 2.61 bits per heavy atom. The summed E-state index contributed by atoms with van der Waals surface area (Å²) in [6.45, 7) is -0.279. The number of ether oxygens (including phenoxy) is 3. The molecule has 1 saturated heterocycles. The first-order valence-corrected chi connectivity index (χ1v) is 7.30. The molecule has 0 aromatic heterocycles. The molecule has 5 nitrogen and oxygen atoms in total. The van der Waals surface area contributed by atoms with Gasteiger partial charge in [0.25, 0.3) is 0 Å². The zero-order valence-electron chi connectivity index (χ0n) is 12.3. The number of likely N-dealkylation sites (tertiary alicyclic amines) is 1. The molecule has 0 radical (unpaired) electrons. The summed E-state index contributed by atoms with van der Waals surface area (Å²) in [5, 5.41) is 0. The zero-order chi connectivity index (χ0) is 16.4. The highest BCUT2D eigenvalue weighted by Crippen LogP contribution is 2.33. The minimum absolute atomic E-state index is 0.117. The van der Waals surface area contributed by atoms with Crippen molar-refractivity contribution in [3.63, 3.8) is 0 Å². The van der Waals surface area contributed by atoms with Crippen LogP contribution in [0.15, 0.2) is 18.2 Å². The lowest BCUT2D eigenvalue weighted by Crippen LogP contribution is -2.42. The summed E-state index contributed by atoms with van der Waals surface area (Å²) in [7, 11) is 0. The van der Waals surface area contributed by atoms with Crippen molar-refractivity contribution >= 4 is 5.97 Å². The fourth-order valence-electron chi connectivity index (χ4n) is 2.68. The summed E-state index contributed by atoms with van der Waals surface area (Å²) in [6.07, 6.45) is -3.77. The maximum absolute atomic E-state index is 12.3. The molecular formula is C15H16F3NO4. The lowest BCUT2D eigenvalue weighted by atomic mass is 10.1. The van der Waals surface area contributed by atoms with E-state index in [4.69, 9.17) is 14.2 Å². The fraction of sp³-hybridized carbons (Fsp3) is 0.533. The Labute approximate surface area is 130 Å². The first-order valence-electron chi connectivity index (χ1n) is 7.30. The molecule has 1 fully saturated rings. The molecule has 0 unspecified atom stereocenters. The standard InChI is InChI=1S/C15H16F3NO4/c16-15(17,18)8-19-5-3-11(4-6-19)23-14(20)10-1-2-12-13(7-10)22-9-21-12/h1-2,7,11H,3-6,8-9H2. The molecule has 3 rings (SSSR count). The van der Waals surface area contributed by atoms with Crippen molar-refractivity contribution in [1.29, 1.82) is 0 Å². The van der Waals surface area contributed by atoms with Gasteiger partial charge in [-0.1, -0.05) is 0 Å². The average Bonchev–Trinajstić information content (AvgIpc) is 2.95. The molecular weight excluding hydrogens is 315 g/mol. The van der Waals surface area contributed by atoms with E-state index in [-0.39, 0.29) is 26.0 Å². The number of halogens is 3. The van der Waals surface area contributed by atoms with Gasteiger partial charge in [-0.05, 0) is 31.0 Å². The SMILES string of the molecule is O=C(OC1CCN(CC(F)(F)F)CC1)c1ccc2c(c1)OCO2. The van der Waals surface area contributed by atoms with Crippen molar-refractivity contribution in [1.82, 2.24) is 4.90 Å². The Hall–Kier alpha value is -1.96. The van der Waals surface area contributed by atoms with Crippen LogP contribution in [-0.4, -0.2) is 49.6 Å². The average molecular weight is 331 g/mol. The monoisotopic (exact) mass is 331 g/mol. The zero-order valence-corrected chi connectivity index (χ0v) is 12.3. The molecule has 2 heterocycles. The van der Waals surface area contributed by atoms with Crippen LogP contribution in [0.5, 0.6) is 11.5 Å². The molecule has 1 aromatic rings. The summed E-state index contributed by atoms with van der Waals surface area (Å²) >= 11 is 0. The molecule has 0 spiro atoms. The largest absolute Gasteiger partial charge is 0.459 e. The van der Waals surface area contributed by atoms with E-state index in [9.17, 15) is 18.0 Å². The van der Waals surface area contributed by atoms with Gasteiger partial charge >= 0.3 is 12.1 Å². The highest BCUT2D eigenvalue weighted by molar-refractivity contribution is 5.90. The van der Waals surface area contributed by atoms with Gasteiger partial charge in [-0.3, -0.25) is 4.90 Å².